The monoisotopic (exact) mass is 391 g/mol. The lowest BCUT2D eigenvalue weighted by atomic mass is 10.2. The van der Waals surface area contributed by atoms with Gasteiger partial charge < -0.3 is 24.8 Å². The van der Waals surface area contributed by atoms with Gasteiger partial charge in [0.05, 0.1) is 30.1 Å². The summed E-state index contributed by atoms with van der Waals surface area (Å²) < 4.78 is 15.3. The second-order valence-corrected chi connectivity index (χ2v) is 6.18. The molecule has 0 aliphatic carbocycles. The first-order chi connectivity index (χ1) is 14.1. The first kappa shape index (κ1) is 18.3. The Morgan fingerprint density at radius 2 is 1.66 bits per heavy atom. The molecule has 2 heterocycles. The molecule has 3 aromatic rings. The normalized spacial score (nSPS) is 11.6. The lowest BCUT2D eigenvalue weighted by Gasteiger charge is -2.09. The van der Waals surface area contributed by atoms with E-state index < -0.39 is 5.97 Å². The number of nitrogens with one attached hydrogen (secondary N) is 2. The number of benzene rings is 2. The number of esters is 1. The van der Waals surface area contributed by atoms with Crippen LogP contribution in [0.5, 0.6) is 11.5 Å². The highest BCUT2D eigenvalue weighted by atomic mass is 16.7. The van der Waals surface area contributed by atoms with Crippen LogP contribution in [0.2, 0.25) is 0 Å². The summed E-state index contributed by atoms with van der Waals surface area (Å²) in [6, 6.07) is 13.6. The van der Waals surface area contributed by atoms with Crippen LogP contribution in [-0.2, 0) is 4.74 Å². The second-order valence-electron chi connectivity index (χ2n) is 6.18. The van der Waals surface area contributed by atoms with Crippen LogP contribution in [0.4, 0.5) is 17.1 Å². The number of pyridine rings is 1. The molecule has 0 fully saturated rings. The third-order valence-corrected chi connectivity index (χ3v) is 4.23. The lowest BCUT2D eigenvalue weighted by molar-refractivity contribution is 0.0600. The van der Waals surface area contributed by atoms with Gasteiger partial charge in [-0.05, 0) is 42.5 Å². The topological polar surface area (TPSA) is 98.8 Å². The van der Waals surface area contributed by atoms with E-state index in [1.165, 1.54) is 13.3 Å². The average Bonchev–Trinajstić information content (AvgIpc) is 3.22. The Labute approximate surface area is 166 Å². The molecule has 146 valence electrons. The van der Waals surface area contributed by atoms with Crippen LogP contribution >= 0.6 is 0 Å². The Kier molecular flexibility index (Phi) is 4.98. The van der Waals surface area contributed by atoms with Crippen LogP contribution in [0.1, 0.15) is 20.7 Å². The van der Waals surface area contributed by atoms with E-state index in [4.69, 9.17) is 9.47 Å². The predicted octanol–water partition coefficient (Wildman–Crippen LogP) is 3.59. The van der Waals surface area contributed by atoms with Crippen molar-refractivity contribution in [3.05, 3.63) is 72.1 Å². The highest BCUT2D eigenvalue weighted by Gasteiger charge is 2.14. The molecule has 29 heavy (non-hydrogen) atoms. The Morgan fingerprint density at radius 3 is 2.45 bits per heavy atom. The third kappa shape index (κ3) is 4.11. The van der Waals surface area contributed by atoms with Gasteiger partial charge in [0.15, 0.2) is 11.5 Å². The molecular formula is C21H17N3O5. The quantitative estimate of drug-likeness (QED) is 0.641. The van der Waals surface area contributed by atoms with Crippen molar-refractivity contribution in [3.63, 3.8) is 0 Å². The fourth-order valence-corrected chi connectivity index (χ4v) is 2.78. The number of anilines is 3. The summed E-state index contributed by atoms with van der Waals surface area (Å²) in [6.07, 6.45) is 3.09. The van der Waals surface area contributed by atoms with Gasteiger partial charge in [-0.2, -0.15) is 0 Å². The first-order valence-electron chi connectivity index (χ1n) is 8.74. The van der Waals surface area contributed by atoms with Gasteiger partial charge in [-0.25, -0.2) is 4.79 Å². The first-order valence-corrected chi connectivity index (χ1v) is 8.74. The number of ether oxygens (including phenoxy) is 3. The van der Waals surface area contributed by atoms with E-state index in [1.54, 1.807) is 36.5 Å². The number of hydrogen-bond acceptors (Lipinski definition) is 7. The number of methoxy groups -OCH3 is 1. The van der Waals surface area contributed by atoms with E-state index >= 15 is 0 Å². The summed E-state index contributed by atoms with van der Waals surface area (Å²) in [6.45, 7) is 0.205. The maximum atomic E-state index is 12.5. The van der Waals surface area contributed by atoms with Gasteiger partial charge in [-0.15, -0.1) is 0 Å². The van der Waals surface area contributed by atoms with Crippen LogP contribution < -0.4 is 20.1 Å². The molecule has 1 aliphatic heterocycles. The molecule has 0 unspecified atom stereocenters. The molecule has 0 spiro atoms. The number of fused-ring (bicyclic) bond motifs is 1. The van der Waals surface area contributed by atoms with Crippen molar-refractivity contribution in [2.75, 3.05) is 24.5 Å². The zero-order valence-corrected chi connectivity index (χ0v) is 15.5. The van der Waals surface area contributed by atoms with Crippen molar-refractivity contribution >= 4 is 28.9 Å². The van der Waals surface area contributed by atoms with Crippen molar-refractivity contribution in [2.45, 2.75) is 0 Å². The van der Waals surface area contributed by atoms with Crippen molar-refractivity contribution in [3.8, 4) is 11.5 Å². The van der Waals surface area contributed by atoms with Crippen molar-refractivity contribution in [1.29, 1.82) is 0 Å². The van der Waals surface area contributed by atoms with E-state index in [2.05, 4.69) is 20.4 Å². The van der Waals surface area contributed by atoms with Crippen LogP contribution in [-0.4, -0.2) is 30.8 Å². The predicted molar refractivity (Wildman–Crippen MR) is 106 cm³/mol. The van der Waals surface area contributed by atoms with E-state index in [0.29, 0.717) is 34.0 Å². The molecule has 4 rings (SSSR count). The summed E-state index contributed by atoms with van der Waals surface area (Å²) in [7, 11) is 1.32. The van der Waals surface area contributed by atoms with Gasteiger partial charge in [0.25, 0.3) is 5.91 Å². The Balaban J connectivity index is 1.45. The molecular weight excluding hydrogens is 374 g/mol. The minimum absolute atomic E-state index is 0.205. The Hall–Kier alpha value is -4.07. The minimum atomic E-state index is -0.436. The molecule has 0 bridgehead atoms. The summed E-state index contributed by atoms with van der Waals surface area (Å²) in [5.41, 5.74) is 2.77. The third-order valence-electron chi connectivity index (χ3n) is 4.23. The fourth-order valence-electron chi connectivity index (χ4n) is 2.78. The maximum absolute atomic E-state index is 12.5. The zero-order chi connectivity index (χ0) is 20.2. The highest BCUT2D eigenvalue weighted by Crippen LogP contribution is 2.35. The fraction of sp³-hybridized carbons (Fsp3) is 0.0952. The van der Waals surface area contributed by atoms with Crippen molar-refractivity contribution < 1.29 is 23.8 Å². The number of carbonyl (C=O) groups is 2. The van der Waals surface area contributed by atoms with Crippen molar-refractivity contribution in [1.82, 2.24) is 4.98 Å². The van der Waals surface area contributed by atoms with Crippen LogP contribution in [0.15, 0.2) is 60.9 Å². The van der Waals surface area contributed by atoms with Crippen LogP contribution in [0.25, 0.3) is 0 Å². The van der Waals surface area contributed by atoms with Gasteiger partial charge in [-0.1, -0.05) is 0 Å². The molecule has 0 saturated heterocycles. The van der Waals surface area contributed by atoms with E-state index in [9.17, 15) is 9.59 Å². The maximum Gasteiger partial charge on any atom is 0.337 e. The Morgan fingerprint density at radius 1 is 0.897 bits per heavy atom. The summed E-state index contributed by atoms with van der Waals surface area (Å²) in [4.78, 5) is 28.1. The van der Waals surface area contributed by atoms with E-state index in [1.807, 2.05) is 18.2 Å². The molecule has 8 nitrogen and oxygen atoms in total. The molecule has 1 aliphatic rings. The standard InChI is InChI=1S/C21H17N3O5/c1-27-21(26)13-2-4-15(5-3-13)24-20(25)14-8-17(11-22-10-14)23-16-6-7-18-19(9-16)29-12-28-18/h2-11,23H,12H2,1H3,(H,24,25). The average molecular weight is 391 g/mol. The minimum Gasteiger partial charge on any atom is -0.465 e. The number of nitrogens with zero attached hydrogens (tertiary/aromatic N) is 1. The summed E-state index contributed by atoms with van der Waals surface area (Å²) >= 11 is 0. The molecule has 0 atom stereocenters. The number of aromatic nitrogens is 1. The van der Waals surface area contributed by atoms with Gasteiger partial charge in [0.2, 0.25) is 6.79 Å². The molecule has 0 radical (unpaired) electrons. The van der Waals surface area contributed by atoms with Gasteiger partial charge in [-0.3, -0.25) is 9.78 Å². The molecule has 1 amide bonds. The highest BCUT2D eigenvalue weighted by molar-refractivity contribution is 6.04. The Bertz CT molecular complexity index is 1070. The molecule has 2 N–H and O–H groups in total. The largest absolute Gasteiger partial charge is 0.465 e. The summed E-state index contributed by atoms with van der Waals surface area (Å²) in [5.74, 6) is 0.597. The SMILES string of the molecule is COC(=O)c1ccc(NC(=O)c2cncc(Nc3ccc4c(c3)OCO4)c2)cc1. The van der Waals surface area contributed by atoms with Gasteiger partial charge >= 0.3 is 5.97 Å². The van der Waals surface area contributed by atoms with Crippen LogP contribution in [0, 0.1) is 0 Å². The molecule has 0 saturated carbocycles. The number of rotatable bonds is 5. The van der Waals surface area contributed by atoms with Gasteiger partial charge in [0, 0.05) is 23.6 Å². The second kappa shape index (κ2) is 7.89. The lowest BCUT2D eigenvalue weighted by Crippen LogP contribution is -2.12. The smallest absolute Gasteiger partial charge is 0.337 e. The number of hydrogen-bond donors (Lipinski definition) is 2. The number of amides is 1. The molecule has 2 aromatic carbocycles. The van der Waals surface area contributed by atoms with E-state index in [0.717, 1.165) is 5.69 Å². The molecule has 1 aromatic heterocycles. The van der Waals surface area contributed by atoms with E-state index in [-0.39, 0.29) is 12.7 Å². The molecule has 8 heteroatoms. The van der Waals surface area contributed by atoms with Crippen LogP contribution in [0.3, 0.4) is 0 Å². The zero-order valence-electron chi connectivity index (χ0n) is 15.5. The number of carbonyl (C=O) groups excluding carboxylic acids is 2. The van der Waals surface area contributed by atoms with Crippen molar-refractivity contribution in [2.24, 2.45) is 0 Å². The summed E-state index contributed by atoms with van der Waals surface area (Å²) in [5, 5.41) is 5.96. The van der Waals surface area contributed by atoms with Gasteiger partial charge in [0.1, 0.15) is 0 Å².